The van der Waals surface area contributed by atoms with Gasteiger partial charge in [0.1, 0.15) is 5.82 Å². The maximum absolute atomic E-state index is 14.0. The molecule has 1 N–H and O–H groups in total. The summed E-state index contributed by atoms with van der Waals surface area (Å²) in [7, 11) is 3.90. The molecular formula is C21H33FIN5. The summed E-state index contributed by atoms with van der Waals surface area (Å²) in [6.07, 6.45) is 5.68. The quantitative estimate of drug-likeness (QED) is 0.282. The summed E-state index contributed by atoms with van der Waals surface area (Å²) in [4.78, 5) is 11.7. The molecule has 3 rings (SSSR count). The van der Waals surface area contributed by atoms with Crippen LogP contribution in [-0.2, 0) is 13.1 Å². The summed E-state index contributed by atoms with van der Waals surface area (Å²) in [5.74, 6) is 0.815. The number of aliphatic imine (C=N–C) groups is 1. The molecule has 1 atom stereocenters. The van der Waals surface area contributed by atoms with Crippen LogP contribution < -0.4 is 5.32 Å². The fourth-order valence-electron chi connectivity index (χ4n) is 3.81. The number of nitrogens with one attached hydrogen (secondary N) is 1. The smallest absolute Gasteiger partial charge is 0.194 e. The SMILES string of the molecule is CCNC(=NCc1ccc(F)c(CN(C)C)c1)N1CCC(N2CC=CC2)C1.I. The fraction of sp³-hybridized carbons (Fsp3) is 0.571. The van der Waals surface area contributed by atoms with E-state index in [2.05, 4.69) is 34.2 Å². The van der Waals surface area contributed by atoms with Crippen molar-refractivity contribution in [1.82, 2.24) is 20.0 Å². The number of rotatable bonds is 6. The first-order valence-corrected chi connectivity index (χ1v) is 9.91. The van der Waals surface area contributed by atoms with E-state index in [9.17, 15) is 4.39 Å². The van der Waals surface area contributed by atoms with Crippen LogP contribution in [0.1, 0.15) is 24.5 Å². The molecule has 2 heterocycles. The molecule has 1 aromatic rings. The molecule has 0 amide bonds. The lowest BCUT2D eigenvalue weighted by molar-refractivity contribution is 0.259. The van der Waals surface area contributed by atoms with E-state index < -0.39 is 0 Å². The van der Waals surface area contributed by atoms with Crippen molar-refractivity contribution in [2.75, 3.05) is 46.8 Å². The Balaban J connectivity index is 0.00000280. The zero-order chi connectivity index (χ0) is 19.2. The highest BCUT2D eigenvalue weighted by Gasteiger charge is 2.29. The zero-order valence-corrected chi connectivity index (χ0v) is 19.5. The Labute approximate surface area is 185 Å². The Morgan fingerprint density at radius 1 is 1.29 bits per heavy atom. The molecule has 0 bridgehead atoms. The van der Waals surface area contributed by atoms with Gasteiger partial charge in [-0.1, -0.05) is 18.2 Å². The van der Waals surface area contributed by atoms with Gasteiger partial charge in [0.2, 0.25) is 0 Å². The summed E-state index contributed by atoms with van der Waals surface area (Å²) in [6, 6.07) is 5.93. The van der Waals surface area contributed by atoms with Crippen LogP contribution in [0.15, 0.2) is 35.3 Å². The van der Waals surface area contributed by atoms with Gasteiger partial charge >= 0.3 is 0 Å². The van der Waals surface area contributed by atoms with Crippen LogP contribution in [0.25, 0.3) is 0 Å². The van der Waals surface area contributed by atoms with Gasteiger partial charge in [-0.15, -0.1) is 24.0 Å². The van der Waals surface area contributed by atoms with Gasteiger partial charge in [-0.05, 0) is 45.1 Å². The number of hydrogen-bond acceptors (Lipinski definition) is 3. The molecule has 5 nitrogen and oxygen atoms in total. The van der Waals surface area contributed by atoms with Crippen molar-refractivity contribution in [3.05, 3.63) is 47.3 Å². The number of nitrogens with zero attached hydrogens (tertiary/aromatic N) is 4. The summed E-state index contributed by atoms with van der Waals surface area (Å²) in [5.41, 5.74) is 1.77. The molecule has 0 saturated carbocycles. The summed E-state index contributed by atoms with van der Waals surface area (Å²) >= 11 is 0. The van der Waals surface area contributed by atoms with E-state index >= 15 is 0 Å². The summed E-state index contributed by atoms with van der Waals surface area (Å²) < 4.78 is 14.0. The van der Waals surface area contributed by atoms with Crippen LogP contribution >= 0.6 is 24.0 Å². The largest absolute Gasteiger partial charge is 0.357 e. The van der Waals surface area contributed by atoms with Crippen molar-refractivity contribution in [2.45, 2.75) is 32.5 Å². The molecule has 2 aliphatic heterocycles. The molecule has 156 valence electrons. The Hall–Kier alpha value is -1.19. The Morgan fingerprint density at radius 2 is 2.04 bits per heavy atom. The lowest BCUT2D eigenvalue weighted by Crippen LogP contribution is -2.42. The molecule has 1 saturated heterocycles. The number of likely N-dealkylation sites (tertiary alicyclic amines) is 1. The number of benzene rings is 1. The molecule has 0 spiro atoms. The Bertz CT molecular complexity index is 683. The second kappa shape index (κ2) is 11.1. The van der Waals surface area contributed by atoms with Crippen molar-refractivity contribution >= 4 is 29.9 Å². The van der Waals surface area contributed by atoms with E-state index in [0.29, 0.717) is 19.1 Å². The van der Waals surface area contributed by atoms with Crippen molar-refractivity contribution in [3.8, 4) is 0 Å². The van der Waals surface area contributed by atoms with Crippen molar-refractivity contribution < 1.29 is 4.39 Å². The number of guanidine groups is 1. The topological polar surface area (TPSA) is 34.1 Å². The van der Waals surface area contributed by atoms with Crippen LogP contribution in [0, 0.1) is 5.82 Å². The van der Waals surface area contributed by atoms with E-state index in [0.717, 1.165) is 49.8 Å². The Morgan fingerprint density at radius 3 is 2.71 bits per heavy atom. The molecule has 7 heteroatoms. The number of halogens is 2. The van der Waals surface area contributed by atoms with E-state index in [1.165, 1.54) is 6.42 Å². The fourth-order valence-corrected chi connectivity index (χ4v) is 3.81. The third kappa shape index (κ3) is 6.15. The third-order valence-electron chi connectivity index (χ3n) is 5.17. The Kier molecular flexibility index (Phi) is 9.17. The van der Waals surface area contributed by atoms with Crippen LogP contribution in [0.4, 0.5) is 4.39 Å². The van der Waals surface area contributed by atoms with Gasteiger partial charge in [0, 0.05) is 50.9 Å². The average molecular weight is 501 g/mol. The highest BCUT2D eigenvalue weighted by atomic mass is 127. The predicted molar refractivity (Wildman–Crippen MR) is 125 cm³/mol. The van der Waals surface area contributed by atoms with E-state index in [-0.39, 0.29) is 29.8 Å². The maximum atomic E-state index is 14.0. The molecular weight excluding hydrogens is 468 g/mol. The van der Waals surface area contributed by atoms with Crippen LogP contribution in [-0.4, -0.2) is 73.5 Å². The molecule has 0 aliphatic carbocycles. The lowest BCUT2D eigenvalue weighted by Gasteiger charge is -2.25. The minimum Gasteiger partial charge on any atom is -0.357 e. The normalized spacial score (nSPS) is 20.1. The summed E-state index contributed by atoms with van der Waals surface area (Å²) in [5, 5.41) is 3.42. The molecule has 0 radical (unpaired) electrons. The minimum atomic E-state index is -0.148. The van der Waals surface area contributed by atoms with E-state index in [1.807, 2.05) is 31.1 Å². The number of hydrogen-bond donors (Lipinski definition) is 1. The molecule has 28 heavy (non-hydrogen) atoms. The van der Waals surface area contributed by atoms with Crippen LogP contribution in [0.5, 0.6) is 0 Å². The molecule has 1 aromatic carbocycles. The van der Waals surface area contributed by atoms with Crippen molar-refractivity contribution in [1.29, 1.82) is 0 Å². The third-order valence-corrected chi connectivity index (χ3v) is 5.17. The van der Waals surface area contributed by atoms with Gasteiger partial charge in [0.25, 0.3) is 0 Å². The van der Waals surface area contributed by atoms with E-state index in [1.54, 1.807) is 6.07 Å². The van der Waals surface area contributed by atoms with Crippen LogP contribution in [0.3, 0.4) is 0 Å². The van der Waals surface area contributed by atoms with Gasteiger partial charge in [-0.3, -0.25) is 4.90 Å². The minimum absolute atomic E-state index is 0. The highest BCUT2D eigenvalue weighted by molar-refractivity contribution is 14.0. The first-order valence-electron chi connectivity index (χ1n) is 9.91. The van der Waals surface area contributed by atoms with Gasteiger partial charge in [-0.2, -0.15) is 0 Å². The second-order valence-electron chi connectivity index (χ2n) is 7.65. The molecule has 1 unspecified atom stereocenters. The van der Waals surface area contributed by atoms with Gasteiger partial charge in [0.15, 0.2) is 5.96 Å². The second-order valence-corrected chi connectivity index (χ2v) is 7.65. The van der Waals surface area contributed by atoms with Crippen molar-refractivity contribution in [2.24, 2.45) is 4.99 Å². The van der Waals surface area contributed by atoms with Gasteiger partial charge in [0.05, 0.1) is 6.54 Å². The molecule has 1 fully saturated rings. The first kappa shape index (κ1) is 23.1. The lowest BCUT2D eigenvalue weighted by atomic mass is 10.1. The van der Waals surface area contributed by atoms with Gasteiger partial charge < -0.3 is 15.1 Å². The first-order chi connectivity index (χ1) is 13.1. The summed E-state index contributed by atoms with van der Waals surface area (Å²) in [6.45, 7) is 8.29. The highest BCUT2D eigenvalue weighted by Crippen LogP contribution is 2.18. The molecule has 0 aromatic heterocycles. The van der Waals surface area contributed by atoms with Gasteiger partial charge in [-0.25, -0.2) is 9.38 Å². The molecule has 2 aliphatic rings. The van der Waals surface area contributed by atoms with E-state index in [4.69, 9.17) is 4.99 Å². The zero-order valence-electron chi connectivity index (χ0n) is 17.2. The standard InChI is InChI=1S/C21H32FN5.HI/c1-4-23-21(27-12-9-19(16-27)26-10-5-6-11-26)24-14-17-7-8-20(22)18(13-17)15-25(2)3;/h5-8,13,19H,4,9-12,14-16H2,1-3H3,(H,23,24);1H. The van der Waals surface area contributed by atoms with Crippen LogP contribution in [0.2, 0.25) is 0 Å². The maximum Gasteiger partial charge on any atom is 0.194 e. The monoisotopic (exact) mass is 501 g/mol. The predicted octanol–water partition coefficient (Wildman–Crippen LogP) is 2.92. The average Bonchev–Trinajstić information content (AvgIpc) is 3.32. The van der Waals surface area contributed by atoms with Crippen molar-refractivity contribution in [3.63, 3.8) is 0 Å².